The Kier molecular flexibility index (Phi) is 54.9. The van der Waals surface area contributed by atoms with Crippen LogP contribution in [0.5, 0.6) is 0 Å². The Labute approximate surface area is 432 Å². The van der Waals surface area contributed by atoms with Crippen molar-refractivity contribution in [1.82, 2.24) is 0 Å². The van der Waals surface area contributed by atoms with E-state index in [0.717, 1.165) is 141 Å². The van der Waals surface area contributed by atoms with E-state index in [4.69, 9.17) is 14.2 Å². The van der Waals surface area contributed by atoms with Crippen molar-refractivity contribution in [3.05, 3.63) is 97.2 Å². The van der Waals surface area contributed by atoms with E-state index in [1.54, 1.807) is 0 Å². The van der Waals surface area contributed by atoms with Gasteiger partial charge < -0.3 is 14.2 Å². The second-order valence-corrected chi connectivity index (χ2v) is 19.2. The minimum Gasteiger partial charge on any atom is -0.462 e. The normalized spacial score (nSPS) is 12.8. The number of esters is 3. The van der Waals surface area contributed by atoms with E-state index in [-0.39, 0.29) is 31.1 Å². The van der Waals surface area contributed by atoms with Crippen LogP contribution in [0.3, 0.4) is 0 Å². The van der Waals surface area contributed by atoms with E-state index in [1.807, 2.05) is 0 Å². The largest absolute Gasteiger partial charge is 0.462 e. The third-order valence-corrected chi connectivity index (χ3v) is 12.3. The zero-order valence-electron chi connectivity index (χ0n) is 45.8. The van der Waals surface area contributed by atoms with Gasteiger partial charge in [0.1, 0.15) is 13.2 Å². The highest BCUT2D eigenvalue weighted by Gasteiger charge is 2.19. The van der Waals surface area contributed by atoms with Gasteiger partial charge in [-0.05, 0) is 116 Å². The second-order valence-electron chi connectivity index (χ2n) is 19.2. The summed E-state index contributed by atoms with van der Waals surface area (Å²) in [6.07, 6.45) is 76.8. The van der Waals surface area contributed by atoms with Crippen LogP contribution in [0.1, 0.15) is 271 Å². The SMILES string of the molecule is CC/C=C\C/C=C\C/C=C\C/C=C\C/C=C\CCCCCCCCCCCC(=O)OCC(COC(=O)CCCCCCC/C=C\C/C=C\CCC)OC(=O)CCCCCCC/C=C\CCCCCCC. The average Bonchev–Trinajstić information content (AvgIpc) is 3.36. The Balaban J connectivity index is 4.33. The van der Waals surface area contributed by atoms with Gasteiger partial charge in [0, 0.05) is 19.3 Å². The van der Waals surface area contributed by atoms with Crippen molar-refractivity contribution in [2.45, 2.75) is 277 Å². The molecule has 0 saturated carbocycles. The molecule has 0 aromatic heterocycles. The van der Waals surface area contributed by atoms with Crippen molar-refractivity contribution >= 4 is 17.9 Å². The Morgan fingerprint density at radius 3 is 0.943 bits per heavy atom. The molecule has 0 radical (unpaired) electrons. The van der Waals surface area contributed by atoms with Gasteiger partial charge in [-0.2, -0.15) is 0 Å². The predicted octanol–water partition coefficient (Wildman–Crippen LogP) is 19.7. The van der Waals surface area contributed by atoms with Gasteiger partial charge in [-0.3, -0.25) is 14.4 Å². The molecule has 0 saturated heterocycles. The summed E-state index contributed by atoms with van der Waals surface area (Å²) >= 11 is 0. The lowest BCUT2D eigenvalue weighted by molar-refractivity contribution is -0.167. The van der Waals surface area contributed by atoms with Crippen LogP contribution in [0.2, 0.25) is 0 Å². The van der Waals surface area contributed by atoms with Crippen LogP contribution in [0.4, 0.5) is 0 Å². The smallest absolute Gasteiger partial charge is 0.306 e. The maximum Gasteiger partial charge on any atom is 0.306 e. The number of carbonyl (C=O) groups excluding carboxylic acids is 3. The second kappa shape index (κ2) is 57.9. The first-order chi connectivity index (χ1) is 34.5. The van der Waals surface area contributed by atoms with Crippen molar-refractivity contribution in [2.75, 3.05) is 13.2 Å². The van der Waals surface area contributed by atoms with E-state index in [9.17, 15) is 14.4 Å². The van der Waals surface area contributed by atoms with Gasteiger partial charge in [0.2, 0.25) is 0 Å². The first-order valence-electron chi connectivity index (χ1n) is 29.2. The number of hydrogen-bond donors (Lipinski definition) is 0. The fourth-order valence-electron chi connectivity index (χ4n) is 7.91. The van der Waals surface area contributed by atoms with E-state index in [0.29, 0.717) is 19.3 Å². The molecule has 0 spiro atoms. The van der Waals surface area contributed by atoms with Crippen molar-refractivity contribution < 1.29 is 28.6 Å². The Morgan fingerprint density at radius 1 is 0.300 bits per heavy atom. The van der Waals surface area contributed by atoms with Gasteiger partial charge in [0.25, 0.3) is 0 Å². The minimum atomic E-state index is -0.791. The molecule has 0 N–H and O–H groups in total. The highest BCUT2D eigenvalue weighted by molar-refractivity contribution is 5.71. The third-order valence-electron chi connectivity index (χ3n) is 12.3. The van der Waals surface area contributed by atoms with Crippen LogP contribution >= 0.6 is 0 Å². The molecule has 0 bridgehead atoms. The van der Waals surface area contributed by atoms with Crippen molar-refractivity contribution in [1.29, 1.82) is 0 Å². The highest BCUT2D eigenvalue weighted by Crippen LogP contribution is 2.15. The molecule has 6 heteroatoms. The number of rotatable bonds is 52. The first kappa shape index (κ1) is 66.3. The fraction of sp³-hybridized carbons (Fsp3) is 0.703. The molecule has 70 heavy (non-hydrogen) atoms. The summed E-state index contributed by atoms with van der Waals surface area (Å²) < 4.78 is 16.8. The topological polar surface area (TPSA) is 78.9 Å². The Bertz CT molecular complexity index is 1400. The number of hydrogen-bond acceptors (Lipinski definition) is 6. The van der Waals surface area contributed by atoms with Crippen LogP contribution in [-0.4, -0.2) is 37.2 Å². The van der Waals surface area contributed by atoms with Gasteiger partial charge in [0.15, 0.2) is 6.10 Å². The Hall–Kier alpha value is -3.67. The van der Waals surface area contributed by atoms with E-state index < -0.39 is 6.10 Å². The molecule has 1 atom stereocenters. The lowest BCUT2D eigenvalue weighted by Gasteiger charge is -2.18. The molecule has 0 aliphatic carbocycles. The number of ether oxygens (including phenoxy) is 3. The summed E-state index contributed by atoms with van der Waals surface area (Å²) in [5, 5.41) is 0. The van der Waals surface area contributed by atoms with Crippen LogP contribution in [0, 0.1) is 0 Å². The molecule has 0 aromatic rings. The van der Waals surface area contributed by atoms with Crippen molar-refractivity contribution in [2.24, 2.45) is 0 Å². The maximum absolute atomic E-state index is 12.8. The molecular weight excluding hydrogens is 865 g/mol. The third kappa shape index (κ3) is 55.3. The first-order valence-corrected chi connectivity index (χ1v) is 29.2. The van der Waals surface area contributed by atoms with Crippen molar-refractivity contribution in [3.8, 4) is 0 Å². The van der Waals surface area contributed by atoms with E-state index in [2.05, 4.69) is 118 Å². The lowest BCUT2D eigenvalue weighted by atomic mass is 10.1. The summed E-state index contributed by atoms with van der Waals surface area (Å²) in [4.78, 5) is 38.1. The van der Waals surface area contributed by atoms with Crippen LogP contribution in [0.15, 0.2) is 97.2 Å². The maximum atomic E-state index is 12.8. The summed E-state index contributed by atoms with van der Waals surface area (Å²) in [6, 6.07) is 0. The standard InChI is InChI=1S/C64H108O6/c1-4-7-10-13-16-19-22-25-27-28-29-30-31-32-33-34-35-36-37-40-42-45-48-51-54-57-63(66)69-60-61(59-68-62(65)56-53-50-47-44-41-38-24-21-18-15-12-9-6-3)70-64(67)58-55-52-49-46-43-39-26-23-20-17-14-11-8-5-2/h7,10,12,15-16,19,21,23-27,29-30,32-33,61H,4-6,8-9,11,13-14,17-18,20,22,28,31,34-60H2,1-3H3/b10-7-,15-12-,19-16-,24-21-,26-23-,27-25-,30-29-,33-32-. The molecule has 0 amide bonds. The number of allylic oxidation sites excluding steroid dienone is 16. The zero-order valence-corrected chi connectivity index (χ0v) is 45.8. The Morgan fingerprint density at radius 2 is 0.586 bits per heavy atom. The average molecular weight is 974 g/mol. The highest BCUT2D eigenvalue weighted by atomic mass is 16.6. The summed E-state index contributed by atoms with van der Waals surface area (Å²) in [5.74, 6) is -0.914. The quantitative estimate of drug-likeness (QED) is 0.0262. The monoisotopic (exact) mass is 973 g/mol. The fourth-order valence-corrected chi connectivity index (χ4v) is 7.91. The van der Waals surface area contributed by atoms with Crippen LogP contribution in [-0.2, 0) is 28.6 Å². The molecule has 0 heterocycles. The molecule has 6 nitrogen and oxygen atoms in total. The molecule has 0 aromatic carbocycles. The number of unbranched alkanes of at least 4 members (excludes halogenated alkanes) is 25. The molecule has 0 fully saturated rings. The molecule has 1 unspecified atom stereocenters. The van der Waals surface area contributed by atoms with E-state index in [1.165, 1.54) is 89.9 Å². The summed E-state index contributed by atoms with van der Waals surface area (Å²) in [5.41, 5.74) is 0. The molecular formula is C64H108O6. The number of carbonyl (C=O) groups is 3. The van der Waals surface area contributed by atoms with Gasteiger partial charge in [-0.15, -0.1) is 0 Å². The molecule has 0 aliphatic heterocycles. The van der Waals surface area contributed by atoms with Gasteiger partial charge >= 0.3 is 17.9 Å². The summed E-state index contributed by atoms with van der Waals surface area (Å²) in [6.45, 7) is 6.43. The molecule has 0 rings (SSSR count). The van der Waals surface area contributed by atoms with E-state index >= 15 is 0 Å². The van der Waals surface area contributed by atoms with Crippen LogP contribution < -0.4 is 0 Å². The zero-order chi connectivity index (χ0) is 50.7. The predicted molar refractivity (Wildman–Crippen MR) is 302 cm³/mol. The van der Waals surface area contributed by atoms with Crippen molar-refractivity contribution in [3.63, 3.8) is 0 Å². The van der Waals surface area contributed by atoms with Gasteiger partial charge in [-0.25, -0.2) is 0 Å². The minimum absolute atomic E-state index is 0.0886. The molecule has 0 aliphatic rings. The van der Waals surface area contributed by atoms with Gasteiger partial charge in [-0.1, -0.05) is 234 Å². The van der Waals surface area contributed by atoms with Crippen LogP contribution in [0.25, 0.3) is 0 Å². The molecule has 400 valence electrons. The summed E-state index contributed by atoms with van der Waals surface area (Å²) in [7, 11) is 0. The lowest BCUT2D eigenvalue weighted by Crippen LogP contribution is -2.30. The van der Waals surface area contributed by atoms with Gasteiger partial charge in [0.05, 0.1) is 0 Å².